The number of ether oxygens (including phenoxy) is 1. The zero-order valence-corrected chi connectivity index (χ0v) is 12.8. The first-order chi connectivity index (χ1) is 11.7. The molecule has 1 aromatic heterocycles. The zero-order chi connectivity index (χ0) is 16.5. The van der Waals surface area contributed by atoms with Gasteiger partial charge in [-0.1, -0.05) is 48.5 Å². The van der Waals surface area contributed by atoms with E-state index in [2.05, 4.69) is 11.1 Å². The van der Waals surface area contributed by atoms with Gasteiger partial charge in [0.2, 0.25) is 0 Å². The Bertz CT molecular complexity index is 914. The van der Waals surface area contributed by atoms with Crippen molar-refractivity contribution in [2.24, 2.45) is 0 Å². The molecule has 0 unspecified atom stereocenters. The monoisotopic (exact) mass is 318 g/mol. The number of benzene rings is 2. The lowest BCUT2D eigenvalue weighted by atomic mass is 10.00. The molecule has 1 aliphatic rings. The Balaban J connectivity index is 1.64. The van der Waals surface area contributed by atoms with E-state index in [0.29, 0.717) is 0 Å². The van der Waals surface area contributed by atoms with Crippen LogP contribution in [0.25, 0.3) is 21.9 Å². The van der Waals surface area contributed by atoms with Crippen molar-refractivity contribution in [3.63, 3.8) is 0 Å². The Hall–Kier alpha value is -3.21. The maximum Gasteiger partial charge on any atom is 0.417 e. The van der Waals surface area contributed by atoms with Gasteiger partial charge in [0.05, 0.1) is 6.54 Å². The van der Waals surface area contributed by atoms with E-state index < -0.39 is 6.09 Å². The van der Waals surface area contributed by atoms with Gasteiger partial charge in [0, 0.05) is 23.3 Å². The van der Waals surface area contributed by atoms with Crippen LogP contribution in [0.2, 0.25) is 0 Å². The summed E-state index contributed by atoms with van der Waals surface area (Å²) in [6.45, 7) is 0.0598. The molecular formula is C19H14N2O3. The number of rotatable bonds is 3. The Kier molecular flexibility index (Phi) is 3.46. The van der Waals surface area contributed by atoms with Gasteiger partial charge in [-0.2, -0.15) is 0 Å². The first-order valence-electron chi connectivity index (χ1n) is 7.61. The van der Waals surface area contributed by atoms with E-state index in [-0.39, 0.29) is 19.1 Å². The summed E-state index contributed by atoms with van der Waals surface area (Å²) >= 11 is 0. The molecule has 5 nitrogen and oxygen atoms in total. The van der Waals surface area contributed by atoms with Gasteiger partial charge in [-0.25, -0.2) is 9.69 Å². The summed E-state index contributed by atoms with van der Waals surface area (Å²) in [5.74, 6) is -0.303. The molecule has 1 saturated heterocycles. The molecule has 3 aromatic rings. The van der Waals surface area contributed by atoms with Gasteiger partial charge >= 0.3 is 6.09 Å². The standard InChI is InChI=1S/C19H14N2O3/c22-18-12-24-19(23)21(18)11-13-5-7-14(8-6-13)17-10-20-9-15-3-1-2-4-16(15)17/h1-10H,11-12H2. The topological polar surface area (TPSA) is 59.5 Å². The van der Waals surface area contributed by atoms with Gasteiger partial charge in [0.25, 0.3) is 5.91 Å². The van der Waals surface area contributed by atoms with Crippen LogP contribution in [0.15, 0.2) is 60.9 Å². The number of amides is 2. The lowest BCUT2D eigenvalue weighted by Gasteiger charge is -2.12. The maximum absolute atomic E-state index is 11.6. The van der Waals surface area contributed by atoms with Crippen molar-refractivity contribution >= 4 is 22.8 Å². The fourth-order valence-electron chi connectivity index (χ4n) is 2.85. The number of nitrogens with zero attached hydrogens (tertiary/aromatic N) is 2. The Morgan fingerprint density at radius 1 is 1.00 bits per heavy atom. The number of cyclic esters (lactones) is 1. The minimum atomic E-state index is -0.581. The van der Waals surface area contributed by atoms with Crippen molar-refractivity contribution in [2.45, 2.75) is 6.54 Å². The van der Waals surface area contributed by atoms with Gasteiger partial charge in [0.15, 0.2) is 6.61 Å². The Morgan fingerprint density at radius 2 is 1.79 bits per heavy atom. The van der Waals surface area contributed by atoms with Gasteiger partial charge < -0.3 is 4.74 Å². The Morgan fingerprint density at radius 3 is 2.54 bits per heavy atom. The molecule has 0 spiro atoms. The minimum Gasteiger partial charge on any atom is -0.439 e. The molecule has 24 heavy (non-hydrogen) atoms. The largest absolute Gasteiger partial charge is 0.439 e. The van der Waals surface area contributed by atoms with Crippen molar-refractivity contribution in [1.29, 1.82) is 0 Å². The molecular weight excluding hydrogens is 304 g/mol. The maximum atomic E-state index is 11.6. The number of pyridine rings is 1. The van der Waals surface area contributed by atoms with Gasteiger partial charge in [-0.3, -0.25) is 9.78 Å². The first-order valence-corrected chi connectivity index (χ1v) is 7.61. The summed E-state index contributed by atoms with van der Waals surface area (Å²) in [7, 11) is 0. The second kappa shape index (κ2) is 5.77. The zero-order valence-electron chi connectivity index (χ0n) is 12.8. The molecule has 2 aromatic carbocycles. The number of aromatic nitrogens is 1. The second-order valence-electron chi connectivity index (χ2n) is 5.64. The van der Waals surface area contributed by atoms with Crippen LogP contribution in [-0.2, 0) is 16.1 Å². The molecule has 4 rings (SSSR count). The Labute approximate surface area is 138 Å². The third-order valence-electron chi connectivity index (χ3n) is 4.11. The summed E-state index contributed by atoms with van der Waals surface area (Å²) in [5.41, 5.74) is 2.97. The normalized spacial score (nSPS) is 14.2. The molecule has 0 N–H and O–H groups in total. The van der Waals surface area contributed by atoms with E-state index >= 15 is 0 Å². The molecule has 1 fully saturated rings. The molecule has 2 heterocycles. The average Bonchev–Trinajstić information content (AvgIpc) is 2.94. The van der Waals surface area contributed by atoms with E-state index in [1.165, 1.54) is 0 Å². The van der Waals surface area contributed by atoms with Crippen LogP contribution < -0.4 is 0 Å². The van der Waals surface area contributed by atoms with Crippen LogP contribution >= 0.6 is 0 Å². The number of fused-ring (bicyclic) bond motifs is 1. The second-order valence-corrected chi connectivity index (χ2v) is 5.64. The van der Waals surface area contributed by atoms with Crippen molar-refractivity contribution in [2.75, 3.05) is 6.61 Å². The third-order valence-corrected chi connectivity index (χ3v) is 4.11. The fraction of sp³-hybridized carbons (Fsp3) is 0.105. The number of hydrogen-bond donors (Lipinski definition) is 0. The SMILES string of the molecule is O=C1COC(=O)N1Cc1ccc(-c2cncc3ccccc23)cc1. The average molecular weight is 318 g/mol. The molecule has 2 amide bonds. The van der Waals surface area contributed by atoms with Crippen LogP contribution in [0.1, 0.15) is 5.56 Å². The fourth-order valence-corrected chi connectivity index (χ4v) is 2.85. The molecule has 1 aliphatic heterocycles. The lowest BCUT2D eigenvalue weighted by Crippen LogP contribution is -2.28. The highest BCUT2D eigenvalue weighted by Crippen LogP contribution is 2.28. The molecule has 0 radical (unpaired) electrons. The van der Waals surface area contributed by atoms with Crippen LogP contribution in [-0.4, -0.2) is 28.5 Å². The predicted molar refractivity (Wildman–Crippen MR) is 89.1 cm³/mol. The van der Waals surface area contributed by atoms with E-state index in [9.17, 15) is 9.59 Å². The van der Waals surface area contributed by atoms with Gasteiger partial charge in [-0.05, 0) is 16.5 Å². The summed E-state index contributed by atoms with van der Waals surface area (Å²) in [4.78, 5) is 28.5. The van der Waals surface area contributed by atoms with Crippen molar-refractivity contribution in [3.8, 4) is 11.1 Å². The van der Waals surface area contributed by atoms with Crippen molar-refractivity contribution in [3.05, 3.63) is 66.5 Å². The van der Waals surface area contributed by atoms with Crippen molar-refractivity contribution in [1.82, 2.24) is 9.88 Å². The van der Waals surface area contributed by atoms with Gasteiger partial charge in [0.1, 0.15) is 0 Å². The van der Waals surface area contributed by atoms with Crippen LogP contribution in [0, 0.1) is 0 Å². The smallest absolute Gasteiger partial charge is 0.417 e. The molecule has 5 heteroatoms. The minimum absolute atomic E-state index is 0.168. The first kappa shape index (κ1) is 14.4. The van der Waals surface area contributed by atoms with Crippen LogP contribution in [0.5, 0.6) is 0 Å². The van der Waals surface area contributed by atoms with E-state index in [4.69, 9.17) is 4.74 Å². The number of hydrogen-bond acceptors (Lipinski definition) is 4. The van der Waals surface area contributed by atoms with E-state index in [1.807, 2.05) is 54.9 Å². The van der Waals surface area contributed by atoms with Crippen LogP contribution in [0.4, 0.5) is 4.79 Å². The highest BCUT2D eigenvalue weighted by molar-refractivity contribution is 5.98. The van der Waals surface area contributed by atoms with E-state index in [0.717, 1.165) is 32.4 Å². The third kappa shape index (κ3) is 2.50. The summed E-state index contributed by atoms with van der Waals surface area (Å²) < 4.78 is 4.72. The highest BCUT2D eigenvalue weighted by Gasteiger charge is 2.30. The quantitative estimate of drug-likeness (QED) is 0.743. The lowest BCUT2D eigenvalue weighted by molar-refractivity contribution is -0.126. The summed E-state index contributed by atoms with van der Waals surface area (Å²) in [6, 6.07) is 15.9. The van der Waals surface area contributed by atoms with Crippen molar-refractivity contribution < 1.29 is 14.3 Å². The van der Waals surface area contributed by atoms with E-state index in [1.54, 1.807) is 0 Å². The number of imide groups is 1. The highest BCUT2D eigenvalue weighted by atomic mass is 16.6. The van der Waals surface area contributed by atoms with Crippen LogP contribution in [0.3, 0.4) is 0 Å². The molecule has 118 valence electrons. The molecule has 0 atom stereocenters. The molecule has 0 bridgehead atoms. The molecule has 0 aliphatic carbocycles. The summed E-state index contributed by atoms with van der Waals surface area (Å²) in [5, 5.41) is 2.23. The number of carbonyl (C=O) groups is 2. The number of carbonyl (C=O) groups excluding carboxylic acids is 2. The predicted octanol–water partition coefficient (Wildman–Crippen LogP) is 3.38. The van der Waals surface area contributed by atoms with Gasteiger partial charge in [-0.15, -0.1) is 0 Å². The summed E-state index contributed by atoms with van der Waals surface area (Å²) in [6.07, 6.45) is 3.11. The molecule has 0 saturated carbocycles.